The molecule has 0 atom stereocenters. The molecular formula is C8H14O3. The van der Waals surface area contributed by atoms with Gasteiger partial charge in [0.2, 0.25) is 0 Å². The molecule has 3 nitrogen and oxygen atoms in total. The van der Waals surface area contributed by atoms with E-state index >= 15 is 0 Å². The summed E-state index contributed by atoms with van der Waals surface area (Å²) < 4.78 is 14.8. The molecule has 0 saturated heterocycles. The van der Waals surface area contributed by atoms with Crippen LogP contribution in [-0.4, -0.2) is 33.7 Å². The predicted molar refractivity (Wildman–Crippen MR) is 42.1 cm³/mol. The quantitative estimate of drug-likeness (QED) is 0.309. The Morgan fingerprint density at radius 3 is 2.55 bits per heavy atom. The summed E-state index contributed by atoms with van der Waals surface area (Å²) in [5, 5.41) is 0. The number of methoxy groups -OCH3 is 1. The van der Waals surface area contributed by atoms with Crippen LogP contribution in [0.1, 0.15) is 6.42 Å². The fraction of sp³-hybridized carbons (Fsp3) is 0.750. The molecule has 0 spiro atoms. The van der Waals surface area contributed by atoms with Gasteiger partial charge >= 0.3 is 0 Å². The van der Waals surface area contributed by atoms with Crippen LogP contribution in [0.2, 0.25) is 0 Å². The van der Waals surface area contributed by atoms with Gasteiger partial charge in [-0.3, -0.25) is 0 Å². The van der Waals surface area contributed by atoms with E-state index in [1.54, 1.807) is 7.11 Å². The van der Waals surface area contributed by atoms with Crippen LogP contribution in [0.4, 0.5) is 0 Å². The molecule has 64 valence electrons. The van der Waals surface area contributed by atoms with Crippen molar-refractivity contribution in [1.29, 1.82) is 0 Å². The van der Waals surface area contributed by atoms with Crippen molar-refractivity contribution in [2.45, 2.75) is 6.42 Å². The molecule has 0 rings (SSSR count). The molecule has 0 saturated carbocycles. The number of terminal acetylenes is 1. The predicted octanol–water partition coefficient (Wildman–Crippen LogP) is 0.647. The lowest BCUT2D eigenvalue weighted by Gasteiger charge is -2.02. The fourth-order valence-electron chi connectivity index (χ4n) is 0.450. The molecule has 0 aliphatic rings. The summed E-state index contributed by atoms with van der Waals surface area (Å²) in [6.45, 7) is 2.01. The van der Waals surface area contributed by atoms with Crippen molar-refractivity contribution in [3.05, 3.63) is 0 Å². The lowest BCUT2D eigenvalue weighted by molar-refractivity contribution is -0.0639. The first-order chi connectivity index (χ1) is 5.41. The minimum absolute atomic E-state index is 0.297. The summed E-state index contributed by atoms with van der Waals surface area (Å²) in [5.74, 6) is 2.46. The second-order valence-electron chi connectivity index (χ2n) is 1.88. The van der Waals surface area contributed by atoms with Crippen LogP contribution in [0.25, 0.3) is 0 Å². The molecule has 3 heteroatoms. The molecule has 0 N–H and O–H groups in total. The standard InChI is InChI=1S/C8H14O3/c1-3-4-5-10-8-11-7-6-9-2/h1H,4-8H2,2H3. The van der Waals surface area contributed by atoms with Gasteiger partial charge < -0.3 is 14.2 Å². The highest BCUT2D eigenvalue weighted by Gasteiger charge is 1.86. The summed E-state index contributed by atoms with van der Waals surface area (Å²) in [4.78, 5) is 0. The Kier molecular flexibility index (Phi) is 8.96. The first-order valence-corrected chi connectivity index (χ1v) is 3.49. The van der Waals surface area contributed by atoms with Crippen molar-refractivity contribution >= 4 is 0 Å². The van der Waals surface area contributed by atoms with Gasteiger partial charge in [0.05, 0.1) is 19.8 Å². The number of hydrogen-bond acceptors (Lipinski definition) is 3. The Bertz CT molecular complexity index is 106. The SMILES string of the molecule is C#CCCOCOCCOC. The minimum Gasteiger partial charge on any atom is -0.382 e. The highest BCUT2D eigenvalue weighted by molar-refractivity contribution is 4.82. The lowest BCUT2D eigenvalue weighted by atomic mass is 10.5. The maximum atomic E-state index is 5.00. The van der Waals surface area contributed by atoms with Crippen molar-refractivity contribution in [2.24, 2.45) is 0 Å². The van der Waals surface area contributed by atoms with Crippen LogP contribution in [0.5, 0.6) is 0 Å². The highest BCUT2D eigenvalue weighted by atomic mass is 16.7. The summed E-state index contributed by atoms with van der Waals surface area (Å²) in [5.41, 5.74) is 0. The smallest absolute Gasteiger partial charge is 0.146 e. The van der Waals surface area contributed by atoms with Gasteiger partial charge in [0.1, 0.15) is 6.79 Å². The number of rotatable bonds is 7. The minimum atomic E-state index is 0.297. The number of hydrogen-bond donors (Lipinski definition) is 0. The van der Waals surface area contributed by atoms with Crippen LogP contribution in [0, 0.1) is 12.3 Å². The average Bonchev–Trinajstić information content (AvgIpc) is 2.03. The third-order valence-corrected chi connectivity index (χ3v) is 0.989. The zero-order chi connectivity index (χ0) is 8.36. The number of ether oxygens (including phenoxy) is 3. The van der Waals surface area contributed by atoms with Gasteiger partial charge in [-0.25, -0.2) is 0 Å². The van der Waals surface area contributed by atoms with Crippen LogP contribution < -0.4 is 0 Å². The topological polar surface area (TPSA) is 27.7 Å². The Morgan fingerprint density at radius 2 is 1.91 bits per heavy atom. The largest absolute Gasteiger partial charge is 0.382 e. The molecule has 0 unspecified atom stereocenters. The van der Waals surface area contributed by atoms with Crippen LogP contribution in [0.15, 0.2) is 0 Å². The van der Waals surface area contributed by atoms with Crippen LogP contribution in [-0.2, 0) is 14.2 Å². The van der Waals surface area contributed by atoms with E-state index in [1.165, 1.54) is 0 Å². The summed E-state index contributed by atoms with van der Waals surface area (Å²) in [7, 11) is 1.63. The zero-order valence-electron chi connectivity index (χ0n) is 6.84. The van der Waals surface area contributed by atoms with Crippen molar-refractivity contribution < 1.29 is 14.2 Å². The third-order valence-electron chi connectivity index (χ3n) is 0.989. The molecule has 11 heavy (non-hydrogen) atoms. The Labute approximate surface area is 67.6 Å². The summed E-state index contributed by atoms with van der Waals surface area (Å²) in [6.07, 6.45) is 5.63. The van der Waals surface area contributed by atoms with Crippen LogP contribution in [0.3, 0.4) is 0 Å². The monoisotopic (exact) mass is 158 g/mol. The van der Waals surface area contributed by atoms with E-state index in [0.29, 0.717) is 33.0 Å². The zero-order valence-corrected chi connectivity index (χ0v) is 6.84. The van der Waals surface area contributed by atoms with Gasteiger partial charge in [-0.05, 0) is 0 Å². The molecule has 0 radical (unpaired) electrons. The van der Waals surface area contributed by atoms with Gasteiger partial charge in [0.15, 0.2) is 0 Å². The normalized spacial score (nSPS) is 9.45. The maximum Gasteiger partial charge on any atom is 0.146 e. The molecule has 0 aromatic carbocycles. The van der Waals surface area contributed by atoms with E-state index in [2.05, 4.69) is 5.92 Å². The molecule has 0 fully saturated rings. The molecule has 0 aromatic heterocycles. The van der Waals surface area contributed by atoms with E-state index in [1.807, 2.05) is 0 Å². The molecule has 0 aliphatic carbocycles. The van der Waals surface area contributed by atoms with Crippen molar-refractivity contribution in [3.8, 4) is 12.3 Å². The van der Waals surface area contributed by atoms with E-state index in [-0.39, 0.29) is 0 Å². The van der Waals surface area contributed by atoms with E-state index < -0.39 is 0 Å². The molecule has 0 aliphatic heterocycles. The second kappa shape index (κ2) is 9.44. The Hall–Kier alpha value is -0.560. The first kappa shape index (κ1) is 10.4. The molecule has 0 amide bonds. The van der Waals surface area contributed by atoms with E-state index in [9.17, 15) is 0 Å². The van der Waals surface area contributed by atoms with Gasteiger partial charge in [-0.15, -0.1) is 12.3 Å². The lowest BCUT2D eigenvalue weighted by Crippen LogP contribution is -2.06. The molecular weight excluding hydrogens is 144 g/mol. The van der Waals surface area contributed by atoms with Crippen molar-refractivity contribution in [2.75, 3.05) is 33.7 Å². The molecule has 0 bridgehead atoms. The fourth-order valence-corrected chi connectivity index (χ4v) is 0.450. The molecule has 0 heterocycles. The van der Waals surface area contributed by atoms with E-state index in [4.69, 9.17) is 20.6 Å². The summed E-state index contributed by atoms with van der Waals surface area (Å²) in [6, 6.07) is 0. The van der Waals surface area contributed by atoms with E-state index in [0.717, 1.165) is 0 Å². The van der Waals surface area contributed by atoms with Gasteiger partial charge in [-0.2, -0.15) is 0 Å². The van der Waals surface area contributed by atoms with Gasteiger partial charge in [0, 0.05) is 13.5 Å². The average molecular weight is 158 g/mol. The summed E-state index contributed by atoms with van der Waals surface area (Å²) >= 11 is 0. The first-order valence-electron chi connectivity index (χ1n) is 3.49. The molecule has 0 aromatic rings. The van der Waals surface area contributed by atoms with Crippen molar-refractivity contribution in [1.82, 2.24) is 0 Å². The van der Waals surface area contributed by atoms with Gasteiger partial charge in [-0.1, -0.05) is 0 Å². The maximum absolute atomic E-state index is 5.00. The Balaban J connectivity index is 2.75. The third kappa shape index (κ3) is 9.44. The Morgan fingerprint density at radius 1 is 1.18 bits per heavy atom. The second-order valence-corrected chi connectivity index (χ2v) is 1.88. The van der Waals surface area contributed by atoms with Crippen molar-refractivity contribution in [3.63, 3.8) is 0 Å². The van der Waals surface area contributed by atoms with Crippen LogP contribution >= 0.6 is 0 Å². The highest BCUT2D eigenvalue weighted by Crippen LogP contribution is 1.81. The van der Waals surface area contributed by atoms with Gasteiger partial charge in [0.25, 0.3) is 0 Å².